The number of thiazole rings is 1. The normalized spacial score (nSPS) is 15.5. The topological polar surface area (TPSA) is 33.2 Å². The Morgan fingerprint density at radius 2 is 2.50 bits per heavy atom. The second kappa shape index (κ2) is 4.09. The maximum atomic E-state index is 10.5. The van der Waals surface area contributed by atoms with Gasteiger partial charge in [-0.2, -0.15) is 0 Å². The highest BCUT2D eigenvalue weighted by Gasteiger charge is 2.24. The van der Waals surface area contributed by atoms with E-state index in [4.69, 9.17) is 0 Å². The van der Waals surface area contributed by atoms with Crippen molar-refractivity contribution < 1.29 is 4.79 Å². The average Bonchev–Trinajstić information content (AvgIpc) is 2.90. The smallest absolute Gasteiger partial charge is 0.185 e. The van der Waals surface area contributed by atoms with Crippen LogP contribution in [0.25, 0.3) is 0 Å². The van der Waals surface area contributed by atoms with Crippen molar-refractivity contribution in [1.82, 2.24) is 4.98 Å². The van der Waals surface area contributed by atoms with Crippen LogP contribution in [0.2, 0.25) is 0 Å². The van der Waals surface area contributed by atoms with Gasteiger partial charge in [0.15, 0.2) is 11.4 Å². The fraction of sp³-hybridized carbons (Fsp3) is 0.600. The molecule has 0 bridgehead atoms. The summed E-state index contributed by atoms with van der Waals surface area (Å²) in [5.41, 5.74) is 0. The Balaban J connectivity index is 2.04. The number of carbonyl (C=O) groups excluding carboxylic acids is 1. The van der Waals surface area contributed by atoms with Gasteiger partial charge in [-0.1, -0.05) is 11.3 Å². The minimum atomic E-state index is 0.717. The first-order valence-corrected chi connectivity index (χ1v) is 5.81. The van der Waals surface area contributed by atoms with Crippen LogP contribution in [0.3, 0.4) is 0 Å². The predicted octanol–water partition coefficient (Wildman–Crippen LogP) is 2.19. The van der Waals surface area contributed by atoms with E-state index < -0.39 is 0 Å². The van der Waals surface area contributed by atoms with Gasteiger partial charge in [-0.15, -0.1) is 0 Å². The molecule has 1 aliphatic rings. The van der Waals surface area contributed by atoms with Crippen molar-refractivity contribution in [2.75, 3.05) is 18.0 Å². The summed E-state index contributed by atoms with van der Waals surface area (Å²) in [5.74, 6) is 0.860. The lowest BCUT2D eigenvalue weighted by Crippen LogP contribution is -2.24. The second-order valence-corrected chi connectivity index (χ2v) is 4.69. The summed E-state index contributed by atoms with van der Waals surface area (Å²) in [6.45, 7) is 4.20. The molecule has 0 aliphatic heterocycles. The number of aromatic nitrogens is 1. The van der Waals surface area contributed by atoms with Crippen LogP contribution in [-0.4, -0.2) is 24.4 Å². The van der Waals surface area contributed by atoms with E-state index in [9.17, 15) is 4.79 Å². The van der Waals surface area contributed by atoms with E-state index in [1.165, 1.54) is 24.2 Å². The first-order valence-electron chi connectivity index (χ1n) is 4.99. The molecule has 0 aromatic carbocycles. The minimum Gasteiger partial charge on any atom is -0.348 e. The second-order valence-electron chi connectivity index (χ2n) is 3.65. The van der Waals surface area contributed by atoms with Crippen LogP contribution in [0.1, 0.15) is 29.4 Å². The summed E-state index contributed by atoms with van der Waals surface area (Å²) >= 11 is 1.48. The third kappa shape index (κ3) is 2.12. The van der Waals surface area contributed by atoms with Gasteiger partial charge in [0, 0.05) is 13.1 Å². The molecule has 0 spiro atoms. The highest BCUT2D eigenvalue weighted by atomic mass is 32.1. The maximum Gasteiger partial charge on any atom is 0.185 e. The van der Waals surface area contributed by atoms with Crippen LogP contribution in [0.5, 0.6) is 0 Å². The van der Waals surface area contributed by atoms with Gasteiger partial charge in [0.1, 0.15) is 0 Å². The number of rotatable bonds is 5. The lowest BCUT2D eigenvalue weighted by atomic mass is 10.4. The first-order chi connectivity index (χ1) is 6.83. The fourth-order valence-electron chi connectivity index (χ4n) is 1.43. The summed E-state index contributed by atoms with van der Waals surface area (Å²) in [6.07, 6.45) is 5.22. The molecular weight excluding hydrogens is 196 g/mol. The van der Waals surface area contributed by atoms with Gasteiger partial charge in [-0.3, -0.25) is 4.79 Å². The molecule has 0 radical (unpaired) electrons. The number of carbonyl (C=O) groups is 1. The standard InChI is InChI=1S/C10H14N2OS/c1-2-12(6-8-3-4-8)10-11-5-9(7-13)14-10/h5,7-8H,2-4,6H2,1H3. The Bertz CT molecular complexity index is 320. The predicted molar refractivity (Wildman–Crippen MR) is 58.1 cm³/mol. The quantitative estimate of drug-likeness (QED) is 0.698. The lowest BCUT2D eigenvalue weighted by molar-refractivity contribution is 0.112. The van der Waals surface area contributed by atoms with Crippen LogP contribution in [0.15, 0.2) is 6.20 Å². The van der Waals surface area contributed by atoms with E-state index in [0.717, 1.165) is 30.4 Å². The molecule has 14 heavy (non-hydrogen) atoms. The van der Waals surface area contributed by atoms with Gasteiger partial charge >= 0.3 is 0 Å². The van der Waals surface area contributed by atoms with Gasteiger partial charge in [0.25, 0.3) is 0 Å². The van der Waals surface area contributed by atoms with Crippen molar-refractivity contribution >= 4 is 22.8 Å². The molecule has 1 fully saturated rings. The van der Waals surface area contributed by atoms with E-state index in [1.54, 1.807) is 6.20 Å². The monoisotopic (exact) mass is 210 g/mol. The molecule has 0 atom stereocenters. The third-order valence-electron chi connectivity index (χ3n) is 2.46. The number of anilines is 1. The summed E-state index contributed by atoms with van der Waals surface area (Å²) in [5, 5.41) is 0.988. The number of hydrogen-bond donors (Lipinski definition) is 0. The molecule has 76 valence electrons. The van der Waals surface area contributed by atoms with Crippen LogP contribution in [0.4, 0.5) is 5.13 Å². The Labute approximate surface area is 87.8 Å². The maximum absolute atomic E-state index is 10.5. The highest BCUT2D eigenvalue weighted by Crippen LogP contribution is 2.32. The zero-order chi connectivity index (χ0) is 9.97. The Morgan fingerprint density at radius 1 is 1.71 bits per heavy atom. The van der Waals surface area contributed by atoms with Crippen molar-refractivity contribution in [1.29, 1.82) is 0 Å². The van der Waals surface area contributed by atoms with Crippen molar-refractivity contribution in [2.24, 2.45) is 5.92 Å². The van der Waals surface area contributed by atoms with Crippen molar-refractivity contribution in [3.05, 3.63) is 11.1 Å². The van der Waals surface area contributed by atoms with Crippen LogP contribution >= 0.6 is 11.3 Å². The van der Waals surface area contributed by atoms with Gasteiger partial charge < -0.3 is 4.90 Å². The summed E-state index contributed by atoms with van der Waals surface area (Å²) in [4.78, 5) is 17.7. The van der Waals surface area contributed by atoms with Crippen molar-refractivity contribution in [3.63, 3.8) is 0 Å². The molecule has 3 nitrogen and oxygen atoms in total. The number of nitrogens with zero attached hydrogens (tertiary/aromatic N) is 2. The van der Waals surface area contributed by atoms with Gasteiger partial charge in [0.2, 0.25) is 0 Å². The molecular formula is C10H14N2OS. The molecule has 2 rings (SSSR count). The van der Waals surface area contributed by atoms with Crippen LogP contribution in [0, 0.1) is 5.92 Å². The molecule has 0 amide bonds. The fourth-order valence-corrected chi connectivity index (χ4v) is 2.23. The summed E-state index contributed by atoms with van der Waals surface area (Å²) in [6, 6.07) is 0. The Kier molecular flexibility index (Phi) is 2.82. The molecule has 1 saturated carbocycles. The zero-order valence-corrected chi connectivity index (χ0v) is 9.09. The average molecular weight is 210 g/mol. The minimum absolute atomic E-state index is 0.717. The molecule has 4 heteroatoms. The third-order valence-corrected chi connectivity index (χ3v) is 3.44. The molecule has 1 aromatic rings. The van der Waals surface area contributed by atoms with E-state index >= 15 is 0 Å². The van der Waals surface area contributed by atoms with Crippen molar-refractivity contribution in [2.45, 2.75) is 19.8 Å². The molecule has 0 unspecified atom stereocenters. The summed E-state index contributed by atoms with van der Waals surface area (Å²) < 4.78 is 0. The number of aldehydes is 1. The van der Waals surface area contributed by atoms with Gasteiger partial charge in [-0.25, -0.2) is 4.98 Å². The van der Waals surface area contributed by atoms with Crippen molar-refractivity contribution in [3.8, 4) is 0 Å². The van der Waals surface area contributed by atoms with Crippen LogP contribution in [-0.2, 0) is 0 Å². The highest BCUT2D eigenvalue weighted by molar-refractivity contribution is 7.17. The molecule has 0 saturated heterocycles. The Hall–Kier alpha value is -0.900. The SMILES string of the molecule is CCN(CC1CC1)c1ncc(C=O)s1. The number of hydrogen-bond acceptors (Lipinski definition) is 4. The molecule has 1 aromatic heterocycles. The summed E-state index contributed by atoms with van der Waals surface area (Å²) in [7, 11) is 0. The molecule has 0 N–H and O–H groups in total. The Morgan fingerprint density at radius 3 is 3.00 bits per heavy atom. The van der Waals surface area contributed by atoms with Gasteiger partial charge in [-0.05, 0) is 25.7 Å². The molecule has 1 heterocycles. The van der Waals surface area contributed by atoms with E-state index in [-0.39, 0.29) is 0 Å². The largest absolute Gasteiger partial charge is 0.348 e. The lowest BCUT2D eigenvalue weighted by Gasteiger charge is -2.18. The zero-order valence-electron chi connectivity index (χ0n) is 8.27. The van der Waals surface area contributed by atoms with Gasteiger partial charge in [0.05, 0.1) is 11.1 Å². The first kappa shape index (κ1) is 9.65. The van der Waals surface area contributed by atoms with E-state index in [1.807, 2.05) is 0 Å². The van der Waals surface area contributed by atoms with E-state index in [0.29, 0.717) is 4.88 Å². The molecule has 1 aliphatic carbocycles. The van der Waals surface area contributed by atoms with Crippen LogP contribution < -0.4 is 4.90 Å². The van der Waals surface area contributed by atoms with E-state index in [2.05, 4.69) is 16.8 Å².